The summed E-state index contributed by atoms with van der Waals surface area (Å²) in [5.41, 5.74) is 4.70. The number of carbonyl (C=O) groups is 2. The molecule has 3 heterocycles. The average molecular weight is 403 g/mol. The molecular formula is C19H22FN5O4. The van der Waals surface area contributed by atoms with E-state index in [2.05, 4.69) is 10.3 Å². The second-order valence-corrected chi connectivity index (χ2v) is 7.78. The second-order valence-electron chi connectivity index (χ2n) is 7.78. The zero-order chi connectivity index (χ0) is 21.0. The number of fused-ring (bicyclic) bond motifs is 1. The van der Waals surface area contributed by atoms with E-state index in [9.17, 15) is 23.9 Å². The van der Waals surface area contributed by atoms with Gasteiger partial charge in [0.25, 0.3) is 0 Å². The lowest BCUT2D eigenvalue weighted by molar-refractivity contribution is -0.123. The predicted molar refractivity (Wildman–Crippen MR) is 104 cm³/mol. The SMILES string of the molecule is C[C@@H](N)C(=O)N[C@@H]1CN(c2nc3c(cc2F)c(=O)c(C(=O)O)cn3C2CC2)[C@H]1C. The molecule has 0 aromatic carbocycles. The first-order chi connectivity index (χ1) is 13.7. The Morgan fingerprint density at radius 1 is 1.41 bits per heavy atom. The van der Waals surface area contributed by atoms with Crippen LogP contribution in [0.3, 0.4) is 0 Å². The highest BCUT2D eigenvalue weighted by molar-refractivity contribution is 5.92. The lowest BCUT2D eigenvalue weighted by atomic mass is 9.97. The van der Waals surface area contributed by atoms with Gasteiger partial charge < -0.3 is 25.6 Å². The minimum atomic E-state index is -1.35. The molecule has 9 nitrogen and oxygen atoms in total. The van der Waals surface area contributed by atoms with Crippen LogP contribution in [0.15, 0.2) is 17.1 Å². The third kappa shape index (κ3) is 3.23. The largest absolute Gasteiger partial charge is 0.477 e. The molecule has 4 N–H and O–H groups in total. The van der Waals surface area contributed by atoms with Gasteiger partial charge in [-0.3, -0.25) is 9.59 Å². The number of carbonyl (C=O) groups excluding carboxylic acids is 1. The van der Waals surface area contributed by atoms with Crippen molar-refractivity contribution in [2.75, 3.05) is 11.4 Å². The Hall–Kier alpha value is -3.01. The molecule has 4 rings (SSSR count). The number of hydrogen-bond acceptors (Lipinski definition) is 6. The van der Waals surface area contributed by atoms with Crippen LogP contribution in [0.5, 0.6) is 0 Å². The van der Waals surface area contributed by atoms with E-state index in [1.54, 1.807) is 16.4 Å². The van der Waals surface area contributed by atoms with Crippen molar-refractivity contribution < 1.29 is 19.1 Å². The van der Waals surface area contributed by atoms with Crippen molar-refractivity contribution >= 4 is 28.7 Å². The van der Waals surface area contributed by atoms with Gasteiger partial charge in [0.1, 0.15) is 11.2 Å². The van der Waals surface area contributed by atoms with E-state index in [-0.39, 0.29) is 40.9 Å². The third-order valence-electron chi connectivity index (χ3n) is 5.59. The molecule has 0 unspecified atom stereocenters. The van der Waals surface area contributed by atoms with E-state index in [1.807, 2.05) is 6.92 Å². The summed E-state index contributed by atoms with van der Waals surface area (Å²) in [6.45, 7) is 3.78. The molecular weight excluding hydrogens is 381 g/mol. The van der Waals surface area contributed by atoms with Gasteiger partial charge in [-0.2, -0.15) is 0 Å². The van der Waals surface area contributed by atoms with Gasteiger partial charge in [0.15, 0.2) is 11.6 Å². The van der Waals surface area contributed by atoms with Crippen LogP contribution < -0.4 is 21.4 Å². The number of hydrogen-bond donors (Lipinski definition) is 3. The van der Waals surface area contributed by atoms with Gasteiger partial charge >= 0.3 is 5.97 Å². The smallest absolute Gasteiger partial charge is 0.341 e. The van der Waals surface area contributed by atoms with E-state index in [1.165, 1.54) is 6.20 Å². The van der Waals surface area contributed by atoms with Gasteiger partial charge in [-0.1, -0.05) is 0 Å². The zero-order valence-corrected chi connectivity index (χ0v) is 16.1. The minimum absolute atomic E-state index is 0.0481. The number of pyridine rings is 2. The van der Waals surface area contributed by atoms with Gasteiger partial charge in [0.2, 0.25) is 11.3 Å². The minimum Gasteiger partial charge on any atom is -0.477 e. The van der Waals surface area contributed by atoms with Crippen molar-refractivity contribution in [3.63, 3.8) is 0 Å². The summed E-state index contributed by atoms with van der Waals surface area (Å²) in [4.78, 5) is 41.8. The Bertz CT molecular complexity index is 1080. The Kier molecular flexibility index (Phi) is 4.53. The quantitative estimate of drug-likeness (QED) is 0.667. The topological polar surface area (TPSA) is 131 Å². The number of halogens is 1. The number of amides is 1. The Balaban J connectivity index is 1.72. The van der Waals surface area contributed by atoms with Crippen LogP contribution in [-0.2, 0) is 4.79 Å². The summed E-state index contributed by atoms with van der Waals surface area (Å²) in [5, 5.41) is 12.1. The summed E-state index contributed by atoms with van der Waals surface area (Å²) in [6, 6.07) is 0.0744. The highest BCUT2D eigenvalue weighted by Gasteiger charge is 2.39. The zero-order valence-electron chi connectivity index (χ0n) is 16.1. The van der Waals surface area contributed by atoms with E-state index in [0.717, 1.165) is 18.9 Å². The lowest BCUT2D eigenvalue weighted by Crippen LogP contribution is -2.67. The fourth-order valence-corrected chi connectivity index (χ4v) is 3.59. The van der Waals surface area contributed by atoms with Crippen LogP contribution in [0, 0.1) is 5.82 Å². The van der Waals surface area contributed by atoms with E-state index in [4.69, 9.17) is 5.73 Å². The number of aromatic nitrogens is 2. The molecule has 1 amide bonds. The maximum Gasteiger partial charge on any atom is 0.341 e. The first kappa shape index (κ1) is 19.3. The van der Waals surface area contributed by atoms with Crippen LogP contribution in [0.4, 0.5) is 10.2 Å². The Morgan fingerprint density at radius 3 is 2.66 bits per heavy atom. The summed E-state index contributed by atoms with van der Waals surface area (Å²) in [5.74, 6) is -2.26. The number of nitrogens with two attached hydrogens (primary N) is 1. The molecule has 1 saturated heterocycles. The summed E-state index contributed by atoms with van der Waals surface area (Å²) in [7, 11) is 0. The number of nitrogens with zero attached hydrogens (tertiary/aromatic N) is 3. The van der Waals surface area contributed by atoms with E-state index in [0.29, 0.717) is 6.54 Å². The average Bonchev–Trinajstić information content (AvgIpc) is 3.49. The van der Waals surface area contributed by atoms with Crippen molar-refractivity contribution in [3.05, 3.63) is 33.9 Å². The highest BCUT2D eigenvalue weighted by Crippen LogP contribution is 2.37. The summed E-state index contributed by atoms with van der Waals surface area (Å²) >= 11 is 0. The van der Waals surface area contributed by atoms with Gasteiger partial charge in [0.05, 0.1) is 17.5 Å². The van der Waals surface area contributed by atoms with Gasteiger partial charge in [-0.25, -0.2) is 14.2 Å². The van der Waals surface area contributed by atoms with Crippen molar-refractivity contribution in [1.29, 1.82) is 0 Å². The molecule has 2 aromatic rings. The molecule has 2 fully saturated rings. The van der Waals surface area contributed by atoms with Crippen molar-refractivity contribution in [1.82, 2.24) is 14.9 Å². The normalized spacial score (nSPS) is 22.3. The van der Waals surface area contributed by atoms with Gasteiger partial charge in [0, 0.05) is 24.8 Å². The maximum atomic E-state index is 14.8. The Labute approximate surface area is 165 Å². The molecule has 0 spiro atoms. The first-order valence-corrected chi connectivity index (χ1v) is 9.50. The second kappa shape index (κ2) is 6.80. The Morgan fingerprint density at radius 2 is 2.10 bits per heavy atom. The molecule has 3 atom stereocenters. The third-order valence-corrected chi connectivity index (χ3v) is 5.59. The molecule has 1 aliphatic carbocycles. The standard InChI is InChI=1S/C19H22FN5O4/c1-8(21)18(27)22-14-7-24(9(14)2)17-13(20)5-11-15(26)12(19(28)29)6-25(10-3-4-10)16(11)23-17/h5-6,8-10,14H,3-4,7,21H2,1-2H3,(H,22,27)(H,28,29)/t8-,9+,14-/m1/s1. The fraction of sp³-hybridized carbons (Fsp3) is 0.474. The molecule has 1 saturated carbocycles. The molecule has 0 bridgehead atoms. The molecule has 1 aliphatic heterocycles. The van der Waals surface area contributed by atoms with Crippen LogP contribution in [0.1, 0.15) is 43.1 Å². The van der Waals surface area contributed by atoms with Gasteiger partial charge in [-0.15, -0.1) is 0 Å². The summed E-state index contributed by atoms with van der Waals surface area (Å²) < 4.78 is 16.5. The lowest BCUT2D eigenvalue weighted by Gasteiger charge is -2.47. The number of anilines is 1. The number of nitrogens with one attached hydrogen (secondary N) is 1. The van der Waals surface area contributed by atoms with Crippen LogP contribution in [0.2, 0.25) is 0 Å². The van der Waals surface area contributed by atoms with Crippen molar-refractivity contribution in [2.24, 2.45) is 5.73 Å². The van der Waals surface area contributed by atoms with Crippen molar-refractivity contribution in [2.45, 2.75) is 50.9 Å². The van der Waals surface area contributed by atoms with Crippen LogP contribution in [-0.4, -0.2) is 51.2 Å². The number of carboxylic acid groups (broad SMARTS) is 1. The molecule has 2 aromatic heterocycles. The van der Waals surface area contributed by atoms with E-state index < -0.39 is 28.8 Å². The number of aromatic carboxylic acids is 1. The van der Waals surface area contributed by atoms with E-state index >= 15 is 0 Å². The van der Waals surface area contributed by atoms with Crippen molar-refractivity contribution in [3.8, 4) is 0 Å². The maximum absolute atomic E-state index is 14.8. The summed E-state index contributed by atoms with van der Waals surface area (Å²) in [6.07, 6.45) is 2.98. The van der Waals surface area contributed by atoms with Gasteiger partial charge in [-0.05, 0) is 32.8 Å². The van der Waals surface area contributed by atoms with Crippen LogP contribution in [0.25, 0.3) is 11.0 Å². The first-order valence-electron chi connectivity index (χ1n) is 9.50. The number of carboxylic acids is 1. The predicted octanol–water partition coefficient (Wildman–Crippen LogP) is 0.609. The molecule has 0 radical (unpaired) electrons. The monoisotopic (exact) mass is 403 g/mol. The fourth-order valence-electron chi connectivity index (χ4n) is 3.59. The highest BCUT2D eigenvalue weighted by atomic mass is 19.1. The molecule has 2 aliphatic rings. The number of rotatable bonds is 5. The molecule has 10 heteroatoms. The molecule has 29 heavy (non-hydrogen) atoms. The van der Waals surface area contributed by atoms with Crippen LogP contribution >= 0.6 is 0 Å². The molecule has 154 valence electrons.